The highest BCUT2D eigenvalue weighted by Gasteiger charge is 2.47. The summed E-state index contributed by atoms with van der Waals surface area (Å²) in [5.41, 5.74) is 0.913. The number of benzene rings is 1. The van der Waals surface area contributed by atoms with Gasteiger partial charge in [-0.15, -0.1) is 0 Å². The van der Waals surface area contributed by atoms with E-state index < -0.39 is 46.5 Å². The topological polar surface area (TPSA) is 105 Å². The van der Waals surface area contributed by atoms with Crippen molar-refractivity contribution in [3.63, 3.8) is 0 Å². The summed E-state index contributed by atoms with van der Waals surface area (Å²) in [4.78, 5) is 22.6. The monoisotopic (exact) mass is 386 g/mol. The van der Waals surface area contributed by atoms with Crippen LogP contribution in [0.1, 0.15) is 26.3 Å². The van der Waals surface area contributed by atoms with Crippen molar-refractivity contribution in [2.75, 3.05) is 6.61 Å². The fourth-order valence-corrected chi connectivity index (χ4v) is 3.58. The molecule has 1 heterocycles. The molecule has 0 radical (unpaired) electrons. The van der Waals surface area contributed by atoms with Crippen molar-refractivity contribution in [3.05, 3.63) is 29.8 Å². The number of carbonyl (C=O) groups is 2. The molecule has 0 spiro atoms. The van der Waals surface area contributed by atoms with Crippen molar-refractivity contribution in [1.82, 2.24) is 0 Å². The second-order valence-corrected chi connectivity index (χ2v) is 7.69. The largest absolute Gasteiger partial charge is 0.456 e. The molecule has 1 aliphatic heterocycles. The minimum Gasteiger partial charge on any atom is -0.456 e. The van der Waals surface area contributed by atoms with Crippen LogP contribution in [0.4, 0.5) is 0 Å². The number of ether oxygens (including phenoxy) is 3. The minimum absolute atomic E-state index is 0.00900. The average Bonchev–Trinajstić information content (AvgIpc) is 2.81. The molecule has 0 aromatic heterocycles. The molecule has 144 valence electrons. The van der Waals surface area contributed by atoms with Gasteiger partial charge in [-0.25, -0.2) is 0 Å². The highest BCUT2D eigenvalue weighted by atomic mass is 32.2. The van der Waals surface area contributed by atoms with Gasteiger partial charge in [0.15, 0.2) is 12.2 Å². The van der Waals surface area contributed by atoms with E-state index >= 15 is 0 Å². The van der Waals surface area contributed by atoms with Crippen LogP contribution in [-0.4, -0.2) is 51.4 Å². The second-order valence-electron chi connectivity index (χ2n) is 6.08. The summed E-state index contributed by atoms with van der Waals surface area (Å²) in [6, 6.07) is 6.19. The van der Waals surface area contributed by atoms with E-state index in [1.807, 2.05) is 6.92 Å². The van der Waals surface area contributed by atoms with Crippen LogP contribution in [0.3, 0.4) is 0 Å². The van der Waals surface area contributed by atoms with Gasteiger partial charge in [0.25, 0.3) is 10.1 Å². The third-order valence-electron chi connectivity index (χ3n) is 3.84. The predicted octanol–water partition coefficient (Wildman–Crippen LogP) is 1.35. The van der Waals surface area contributed by atoms with E-state index in [4.69, 9.17) is 18.4 Å². The molecular weight excluding hydrogens is 364 g/mol. The van der Waals surface area contributed by atoms with Gasteiger partial charge in [-0.05, 0) is 26.0 Å². The highest BCUT2D eigenvalue weighted by molar-refractivity contribution is 7.86. The second kappa shape index (κ2) is 8.15. The summed E-state index contributed by atoms with van der Waals surface area (Å²) in [5.74, 6) is -1.16. The van der Waals surface area contributed by atoms with Crippen LogP contribution in [0.5, 0.6) is 0 Å². The van der Waals surface area contributed by atoms with Gasteiger partial charge >= 0.3 is 11.9 Å². The molecule has 8 nitrogen and oxygen atoms in total. The van der Waals surface area contributed by atoms with Gasteiger partial charge in [-0.2, -0.15) is 8.42 Å². The molecule has 0 amide bonds. The predicted molar refractivity (Wildman–Crippen MR) is 89.8 cm³/mol. The van der Waals surface area contributed by atoms with Crippen LogP contribution in [0, 0.1) is 6.92 Å². The van der Waals surface area contributed by atoms with Crippen LogP contribution in [0.25, 0.3) is 0 Å². The van der Waals surface area contributed by atoms with E-state index in [1.165, 1.54) is 26.0 Å². The zero-order valence-electron chi connectivity index (χ0n) is 15.0. The Hall–Kier alpha value is -1.97. The molecule has 0 aliphatic carbocycles. The van der Waals surface area contributed by atoms with Crippen molar-refractivity contribution >= 4 is 22.1 Å². The first-order valence-corrected chi connectivity index (χ1v) is 9.47. The van der Waals surface area contributed by atoms with E-state index in [-0.39, 0.29) is 11.5 Å². The molecule has 1 aromatic rings. The first kappa shape index (κ1) is 20.3. The van der Waals surface area contributed by atoms with Crippen LogP contribution in [-0.2, 0) is 38.1 Å². The number of hydrogen-bond donors (Lipinski definition) is 0. The summed E-state index contributed by atoms with van der Waals surface area (Å²) in [5, 5.41) is 0. The molecule has 4 atom stereocenters. The quantitative estimate of drug-likeness (QED) is 0.533. The van der Waals surface area contributed by atoms with E-state index in [1.54, 1.807) is 19.1 Å². The Labute approximate surface area is 152 Å². The van der Waals surface area contributed by atoms with Gasteiger partial charge in [-0.3, -0.25) is 13.8 Å². The standard InChI is InChI=1S/C17H22O8S/c1-10-5-7-14(8-6-10)26(20,21)22-9-15-17(25-13(4)19)16(11(2)23-15)24-12(3)18/h5-8,11,15-17H,9H2,1-4H3/t11-,15?,16+,17+/m0/s1. The van der Waals surface area contributed by atoms with Crippen LogP contribution >= 0.6 is 0 Å². The zero-order valence-corrected chi connectivity index (χ0v) is 15.8. The number of aryl methyl sites for hydroxylation is 1. The van der Waals surface area contributed by atoms with E-state index in [0.717, 1.165) is 5.56 Å². The Morgan fingerprint density at radius 1 is 1.04 bits per heavy atom. The Morgan fingerprint density at radius 3 is 2.12 bits per heavy atom. The first-order chi connectivity index (χ1) is 12.1. The summed E-state index contributed by atoms with van der Waals surface area (Å²) in [7, 11) is -4.00. The number of rotatable bonds is 6. The fraction of sp³-hybridized carbons (Fsp3) is 0.529. The van der Waals surface area contributed by atoms with Crippen LogP contribution in [0.15, 0.2) is 29.2 Å². The molecule has 0 bridgehead atoms. The molecule has 9 heteroatoms. The third-order valence-corrected chi connectivity index (χ3v) is 5.14. The van der Waals surface area contributed by atoms with Crippen molar-refractivity contribution in [1.29, 1.82) is 0 Å². The zero-order chi connectivity index (χ0) is 19.5. The van der Waals surface area contributed by atoms with Gasteiger partial charge < -0.3 is 14.2 Å². The van der Waals surface area contributed by atoms with Crippen molar-refractivity contribution < 1.29 is 36.4 Å². The van der Waals surface area contributed by atoms with Crippen molar-refractivity contribution in [2.45, 2.75) is 57.0 Å². The molecule has 0 N–H and O–H groups in total. The van der Waals surface area contributed by atoms with Crippen LogP contribution in [0.2, 0.25) is 0 Å². The normalized spacial score (nSPS) is 25.7. The Kier molecular flexibility index (Phi) is 6.38. The van der Waals surface area contributed by atoms with Gasteiger partial charge in [0.05, 0.1) is 17.6 Å². The molecule has 1 unspecified atom stereocenters. The number of hydrogen-bond acceptors (Lipinski definition) is 8. The maximum Gasteiger partial charge on any atom is 0.303 e. The highest BCUT2D eigenvalue weighted by Crippen LogP contribution is 2.28. The van der Waals surface area contributed by atoms with Crippen molar-refractivity contribution in [2.24, 2.45) is 0 Å². The maximum absolute atomic E-state index is 12.3. The molecule has 2 rings (SSSR count). The lowest BCUT2D eigenvalue weighted by Crippen LogP contribution is -2.40. The Balaban J connectivity index is 2.12. The molecule has 26 heavy (non-hydrogen) atoms. The average molecular weight is 386 g/mol. The van der Waals surface area contributed by atoms with Gasteiger partial charge in [0.2, 0.25) is 0 Å². The molecule has 1 fully saturated rings. The summed E-state index contributed by atoms with van der Waals surface area (Å²) in [6.07, 6.45) is -3.27. The van der Waals surface area contributed by atoms with Crippen molar-refractivity contribution in [3.8, 4) is 0 Å². The number of esters is 2. The number of carbonyl (C=O) groups excluding carboxylic acids is 2. The van der Waals surface area contributed by atoms with Gasteiger partial charge in [-0.1, -0.05) is 17.7 Å². The van der Waals surface area contributed by atoms with Gasteiger partial charge in [0.1, 0.15) is 6.10 Å². The molecule has 1 aliphatic rings. The fourth-order valence-electron chi connectivity index (χ4n) is 2.66. The lowest BCUT2D eigenvalue weighted by molar-refractivity contribution is -0.164. The van der Waals surface area contributed by atoms with Crippen LogP contribution < -0.4 is 0 Å². The third kappa shape index (κ3) is 5.03. The molecular formula is C17H22O8S. The SMILES string of the molecule is CC(=O)O[C@@H]1[C@H](C)OC(COS(=O)(=O)c2ccc(C)cc2)[C@H]1OC(C)=O. The van der Waals surface area contributed by atoms with E-state index in [9.17, 15) is 18.0 Å². The lowest BCUT2D eigenvalue weighted by Gasteiger charge is -2.22. The maximum atomic E-state index is 12.3. The van der Waals surface area contributed by atoms with E-state index in [0.29, 0.717) is 0 Å². The smallest absolute Gasteiger partial charge is 0.303 e. The van der Waals surface area contributed by atoms with Gasteiger partial charge in [0, 0.05) is 13.8 Å². The first-order valence-electron chi connectivity index (χ1n) is 8.06. The molecule has 1 saturated heterocycles. The Morgan fingerprint density at radius 2 is 1.58 bits per heavy atom. The summed E-state index contributed by atoms with van der Waals surface area (Å²) in [6.45, 7) is 5.52. The van der Waals surface area contributed by atoms with E-state index in [2.05, 4.69) is 0 Å². The summed E-state index contributed by atoms with van der Waals surface area (Å²) >= 11 is 0. The lowest BCUT2D eigenvalue weighted by atomic mass is 10.1. The minimum atomic E-state index is -4.00. The molecule has 0 saturated carbocycles. The molecule has 1 aromatic carbocycles. The summed E-state index contributed by atoms with van der Waals surface area (Å²) < 4.78 is 45.6. The Bertz CT molecular complexity index is 755.